The molecular weight excluding hydrogens is 234 g/mol. The van der Waals surface area contributed by atoms with Gasteiger partial charge in [-0.2, -0.15) is 0 Å². The summed E-state index contributed by atoms with van der Waals surface area (Å²) in [4.78, 5) is 0. The molecule has 2 rings (SSSR count). The summed E-state index contributed by atoms with van der Waals surface area (Å²) in [5.41, 5.74) is 10.00. The zero-order valence-corrected chi connectivity index (χ0v) is 11.6. The van der Waals surface area contributed by atoms with Crippen LogP contribution in [-0.2, 0) is 6.42 Å². The molecule has 2 nitrogen and oxygen atoms in total. The van der Waals surface area contributed by atoms with E-state index in [1.54, 1.807) is 7.11 Å². The van der Waals surface area contributed by atoms with Crippen molar-refractivity contribution in [2.45, 2.75) is 25.8 Å². The Labute approximate surface area is 115 Å². The lowest BCUT2D eigenvalue weighted by molar-refractivity contribution is 0.414. The van der Waals surface area contributed by atoms with E-state index in [0.717, 1.165) is 18.6 Å². The smallest absolute Gasteiger partial charge is 0.118 e. The fraction of sp³-hybridized carbons (Fsp3) is 0.294. The molecule has 100 valence electrons. The van der Waals surface area contributed by atoms with Gasteiger partial charge in [0.15, 0.2) is 0 Å². The minimum Gasteiger partial charge on any atom is -0.497 e. The summed E-state index contributed by atoms with van der Waals surface area (Å²) in [6.45, 7) is 2.09. The molecule has 19 heavy (non-hydrogen) atoms. The van der Waals surface area contributed by atoms with Crippen molar-refractivity contribution in [3.05, 3.63) is 65.2 Å². The minimum atomic E-state index is 0.0997. The molecule has 0 saturated heterocycles. The maximum atomic E-state index is 6.22. The lowest BCUT2D eigenvalue weighted by Crippen LogP contribution is -2.11. The van der Waals surface area contributed by atoms with Gasteiger partial charge in [0.05, 0.1) is 7.11 Å². The van der Waals surface area contributed by atoms with Gasteiger partial charge in [-0.05, 0) is 43.0 Å². The highest BCUT2D eigenvalue weighted by Gasteiger charge is 2.06. The fourth-order valence-corrected chi connectivity index (χ4v) is 2.09. The first-order valence-corrected chi connectivity index (χ1v) is 6.64. The van der Waals surface area contributed by atoms with Crippen molar-refractivity contribution < 1.29 is 4.74 Å². The highest BCUT2D eigenvalue weighted by molar-refractivity contribution is 5.28. The number of hydrogen-bond donors (Lipinski definition) is 1. The van der Waals surface area contributed by atoms with Crippen LogP contribution in [-0.4, -0.2) is 7.11 Å². The standard InChI is InChI=1S/C17H21NO/c1-13-3-8-15(9-4-13)17(18)12-7-14-5-10-16(19-2)11-6-14/h3-6,8-11,17H,7,12,18H2,1-2H3. The van der Waals surface area contributed by atoms with Crippen molar-refractivity contribution in [2.24, 2.45) is 5.73 Å². The Morgan fingerprint density at radius 1 is 1.00 bits per heavy atom. The van der Waals surface area contributed by atoms with Crippen LogP contribution in [0.2, 0.25) is 0 Å². The van der Waals surface area contributed by atoms with E-state index in [4.69, 9.17) is 10.5 Å². The van der Waals surface area contributed by atoms with Gasteiger partial charge in [-0.1, -0.05) is 42.0 Å². The summed E-state index contributed by atoms with van der Waals surface area (Å²) < 4.78 is 5.15. The maximum absolute atomic E-state index is 6.22. The Kier molecular flexibility index (Phi) is 4.58. The van der Waals surface area contributed by atoms with Gasteiger partial charge >= 0.3 is 0 Å². The number of rotatable bonds is 5. The number of aryl methyl sites for hydroxylation is 2. The fourth-order valence-electron chi connectivity index (χ4n) is 2.09. The third-order valence-electron chi connectivity index (χ3n) is 3.41. The zero-order chi connectivity index (χ0) is 13.7. The molecule has 0 radical (unpaired) electrons. The molecule has 0 heterocycles. The van der Waals surface area contributed by atoms with Gasteiger partial charge in [-0.3, -0.25) is 0 Å². The molecule has 2 aromatic carbocycles. The largest absolute Gasteiger partial charge is 0.497 e. The van der Waals surface area contributed by atoms with Crippen molar-refractivity contribution in [1.29, 1.82) is 0 Å². The summed E-state index contributed by atoms with van der Waals surface area (Å²) >= 11 is 0. The first-order chi connectivity index (χ1) is 9.19. The summed E-state index contributed by atoms with van der Waals surface area (Å²) in [5, 5.41) is 0. The normalized spacial score (nSPS) is 12.2. The second-order valence-electron chi connectivity index (χ2n) is 4.90. The zero-order valence-electron chi connectivity index (χ0n) is 11.6. The van der Waals surface area contributed by atoms with Crippen LogP contribution in [0.4, 0.5) is 0 Å². The molecule has 0 saturated carbocycles. The van der Waals surface area contributed by atoms with Crippen LogP contribution < -0.4 is 10.5 Å². The first-order valence-electron chi connectivity index (χ1n) is 6.64. The summed E-state index contributed by atoms with van der Waals surface area (Å²) in [5.74, 6) is 0.895. The van der Waals surface area contributed by atoms with E-state index < -0.39 is 0 Å². The van der Waals surface area contributed by atoms with Gasteiger partial charge in [0.1, 0.15) is 5.75 Å². The summed E-state index contributed by atoms with van der Waals surface area (Å²) in [6, 6.07) is 16.7. The number of benzene rings is 2. The number of methoxy groups -OCH3 is 1. The molecule has 1 atom stereocenters. The molecule has 0 amide bonds. The predicted molar refractivity (Wildman–Crippen MR) is 79.4 cm³/mol. The first kappa shape index (κ1) is 13.6. The van der Waals surface area contributed by atoms with Crippen molar-refractivity contribution in [1.82, 2.24) is 0 Å². The molecule has 2 heteroatoms. The third kappa shape index (κ3) is 3.83. The molecule has 0 aliphatic carbocycles. The van der Waals surface area contributed by atoms with Crippen LogP contribution in [0.3, 0.4) is 0 Å². The second kappa shape index (κ2) is 6.39. The molecule has 0 spiro atoms. The monoisotopic (exact) mass is 255 g/mol. The van der Waals surface area contributed by atoms with Crippen LogP contribution >= 0.6 is 0 Å². The van der Waals surface area contributed by atoms with Crippen LogP contribution in [0, 0.1) is 6.92 Å². The van der Waals surface area contributed by atoms with Gasteiger partial charge in [-0.15, -0.1) is 0 Å². The maximum Gasteiger partial charge on any atom is 0.118 e. The highest BCUT2D eigenvalue weighted by atomic mass is 16.5. The molecule has 0 aliphatic heterocycles. The van der Waals surface area contributed by atoms with E-state index in [9.17, 15) is 0 Å². The quantitative estimate of drug-likeness (QED) is 0.885. The number of hydrogen-bond acceptors (Lipinski definition) is 2. The molecule has 0 fully saturated rings. The minimum absolute atomic E-state index is 0.0997. The molecule has 1 unspecified atom stereocenters. The van der Waals surface area contributed by atoms with E-state index in [2.05, 4.69) is 43.3 Å². The van der Waals surface area contributed by atoms with E-state index in [1.807, 2.05) is 12.1 Å². The Morgan fingerprint density at radius 2 is 1.63 bits per heavy atom. The molecule has 0 aromatic heterocycles. The molecule has 0 bridgehead atoms. The second-order valence-corrected chi connectivity index (χ2v) is 4.90. The molecule has 2 N–H and O–H groups in total. The molecule has 2 aromatic rings. The van der Waals surface area contributed by atoms with Gasteiger partial charge in [0, 0.05) is 6.04 Å². The lowest BCUT2D eigenvalue weighted by atomic mass is 9.99. The summed E-state index contributed by atoms with van der Waals surface area (Å²) in [7, 11) is 1.68. The average molecular weight is 255 g/mol. The van der Waals surface area contributed by atoms with E-state index >= 15 is 0 Å². The Hall–Kier alpha value is -1.80. The van der Waals surface area contributed by atoms with Gasteiger partial charge in [-0.25, -0.2) is 0 Å². The number of nitrogens with two attached hydrogens (primary N) is 1. The average Bonchev–Trinajstić information content (AvgIpc) is 2.46. The van der Waals surface area contributed by atoms with Crippen LogP contribution in [0.25, 0.3) is 0 Å². The van der Waals surface area contributed by atoms with Gasteiger partial charge in [0.2, 0.25) is 0 Å². The van der Waals surface area contributed by atoms with E-state index in [0.29, 0.717) is 0 Å². The predicted octanol–water partition coefficient (Wildman–Crippen LogP) is 3.64. The van der Waals surface area contributed by atoms with Crippen LogP contribution in [0.1, 0.15) is 29.2 Å². The summed E-state index contributed by atoms with van der Waals surface area (Å²) in [6.07, 6.45) is 1.94. The van der Waals surface area contributed by atoms with Crippen molar-refractivity contribution in [3.63, 3.8) is 0 Å². The SMILES string of the molecule is COc1ccc(CCC(N)c2ccc(C)cc2)cc1. The van der Waals surface area contributed by atoms with Crippen molar-refractivity contribution in [2.75, 3.05) is 7.11 Å². The highest BCUT2D eigenvalue weighted by Crippen LogP contribution is 2.19. The molecular formula is C17H21NO. The topological polar surface area (TPSA) is 35.2 Å². The van der Waals surface area contributed by atoms with Crippen LogP contribution in [0.5, 0.6) is 5.75 Å². The number of ether oxygens (including phenoxy) is 1. The Bertz CT molecular complexity index is 502. The van der Waals surface area contributed by atoms with E-state index in [1.165, 1.54) is 16.7 Å². The lowest BCUT2D eigenvalue weighted by Gasteiger charge is -2.12. The Balaban J connectivity index is 1.92. The van der Waals surface area contributed by atoms with Crippen molar-refractivity contribution in [3.8, 4) is 5.75 Å². The van der Waals surface area contributed by atoms with Gasteiger partial charge in [0.25, 0.3) is 0 Å². The van der Waals surface area contributed by atoms with Crippen molar-refractivity contribution >= 4 is 0 Å². The Morgan fingerprint density at radius 3 is 2.21 bits per heavy atom. The van der Waals surface area contributed by atoms with E-state index in [-0.39, 0.29) is 6.04 Å². The third-order valence-corrected chi connectivity index (χ3v) is 3.41. The van der Waals surface area contributed by atoms with Crippen LogP contribution in [0.15, 0.2) is 48.5 Å². The van der Waals surface area contributed by atoms with Gasteiger partial charge < -0.3 is 10.5 Å². The molecule has 0 aliphatic rings.